The normalized spacial score (nSPS) is 12.6. The van der Waals surface area contributed by atoms with Gasteiger partial charge < -0.3 is 4.74 Å². The summed E-state index contributed by atoms with van der Waals surface area (Å²) < 4.78 is 6.72. The van der Waals surface area contributed by atoms with Crippen LogP contribution in [0.1, 0.15) is 38.5 Å². The minimum Gasteiger partial charge on any atom is -0.380 e. The van der Waals surface area contributed by atoms with Crippen molar-refractivity contribution in [1.29, 1.82) is 0 Å². The number of nitrogens with zero attached hydrogens (tertiary/aromatic N) is 2. The predicted octanol–water partition coefficient (Wildman–Crippen LogP) is 1.56. The zero-order chi connectivity index (χ0) is 20.4. The van der Waals surface area contributed by atoms with E-state index in [1.807, 2.05) is 0 Å². The first-order valence-corrected chi connectivity index (χ1v) is 9.29. The summed E-state index contributed by atoms with van der Waals surface area (Å²) in [5.74, 6) is -0.179. The number of hydrogen-bond donors (Lipinski definition) is 2. The van der Waals surface area contributed by atoms with Crippen molar-refractivity contribution in [2.24, 2.45) is 0 Å². The van der Waals surface area contributed by atoms with Crippen molar-refractivity contribution >= 4 is 22.7 Å². The number of hydrogen-bond acceptors (Lipinski definition) is 5. The van der Waals surface area contributed by atoms with Crippen LogP contribution in [0.5, 0.6) is 0 Å². The zero-order valence-electron chi connectivity index (χ0n) is 15.9. The maximum Gasteiger partial charge on any atom is 0.269 e. The van der Waals surface area contributed by atoms with E-state index >= 15 is 0 Å². The third kappa shape index (κ3) is 3.74. The lowest BCUT2D eigenvalue weighted by atomic mass is 10.1. The molecule has 8 heteroatoms. The summed E-state index contributed by atoms with van der Waals surface area (Å²) >= 11 is 0. The lowest BCUT2D eigenvalue weighted by Crippen LogP contribution is -2.41. The molecule has 0 spiro atoms. The molecule has 1 aliphatic rings. The Morgan fingerprint density at radius 1 is 1.07 bits per heavy atom. The number of nitrogens with one attached hydrogen (secondary N) is 2. The number of hydrazine groups is 1. The maximum atomic E-state index is 12.5. The molecule has 0 saturated carbocycles. The second-order valence-electron chi connectivity index (χ2n) is 6.86. The largest absolute Gasteiger partial charge is 0.380 e. The van der Waals surface area contributed by atoms with E-state index in [4.69, 9.17) is 4.74 Å². The standard InChI is InChI=1S/C21H20N4O4/c1-29-12-13-4-6-14(7-5-13)19(26)23-24-20(27)15-8-9-16-17(11-15)22-18-3-2-10-25(18)21(16)28/h4-9,11H,2-3,10,12H2,1H3,(H,23,26)(H,24,27). The molecule has 2 aromatic carbocycles. The van der Waals surface area contributed by atoms with Crippen LogP contribution in [0, 0.1) is 0 Å². The molecule has 2 N–H and O–H groups in total. The van der Waals surface area contributed by atoms with Crippen LogP contribution in [0.4, 0.5) is 0 Å². The highest BCUT2D eigenvalue weighted by Gasteiger charge is 2.17. The van der Waals surface area contributed by atoms with Gasteiger partial charge in [-0.2, -0.15) is 0 Å². The van der Waals surface area contributed by atoms with Gasteiger partial charge in [-0.15, -0.1) is 0 Å². The topological polar surface area (TPSA) is 102 Å². The minimum atomic E-state index is -0.487. The van der Waals surface area contributed by atoms with Crippen LogP contribution < -0.4 is 16.4 Å². The first-order valence-electron chi connectivity index (χ1n) is 9.29. The lowest BCUT2D eigenvalue weighted by molar-refractivity contribution is 0.0846. The van der Waals surface area contributed by atoms with Gasteiger partial charge in [-0.25, -0.2) is 4.98 Å². The molecule has 8 nitrogen and oxygen atoms in total. The van der Waals surface area contributed by atoms with Crippen LogP contribution in [0.15, 0.2) is 47.3 Å². The van der Waals surface area contributed by atoms with Gasteiger partial charge >= 0.3 is 0 Å². The van der Waals surface area contributed by atoms with Gasteiger partial charge in [0.05, 0.1) is 17.5 Å². The molecule has 2 heterocycles. The first kappa shape index (κ1) is 18.8. The highest BCUT2D eigenvalue weighted by molar-refractivity contribution is 6.00. The Bertz CT molecular complexity index is 1150. The highest BCUT2D eigenvalue weighted by Crippen LogP contribution is 2.16. The molecule has 29 heavy (non-hydrogen) atoms. The predicted molar refractivity (Wildman–Crippen MR) is 106 cm³/mol. The van der Waals surface area contributed by atoms with E-state index in [2.05, 4.69) is 15.8 Å². The second kappa shape index (κ2) is 7.84. The van der Waals surface area contributed by atoms with Crippen molar-refractivity contribution in [3.05, 3.63) is 75.3 Å². The van der Waals surface area contributed by atoms with Gasteiger partial charge in [0.2, 0.25) is 0 Å². The van der Waals surface area contributed by atoms with E-state index in [0.29, 0.717) is 35.2 Å². The Balaban J connectivity index is 1.47. The summed E-state index contributed by atoms with van der Waals surface area (Å²) in [4.78, 5) is 41.7. The van der Waals surface area contributed by atoms with Crippen LogP contribution in [0.25, 0.3) is 10.9 Å². The Hall–Kier alpha value is -3.52. The summed E-state index contributed by atoms with van der Waals surface area (Å²) in [5, 5.41) is 0.479. The minimum absolute atomic E-state index is 0.0836. The summed E-state index contributed by atoms with van der Waals surface area (Å²) in [6.07, 6.45) is 1.64. The summed E-state index contributed by atoms with van der Waals surface area (Å²) in [6.45, 7) is 1.14. The van der Waals surface area contributed by atoms with Gasteiger partial charge in [-0.05, 0) is 42.3 Å². The van der Waals surface area contributed by atoms with Crippen LogP contribution >= 0.6 is 0 Å². The van der Waals surface area contributed by atoms with Gasteiger partial charge in [0, 0.05) is 31.2 Å². The Labute approximate surface area is 166 Å². The SMILES string of the molecule is COCc1ccc(C(=O)NNC(=O)c2ccc3c(=O)n4c(nc3c2)CCC4)cc1. The number of ether oxygens (including phenoxy) is 1. The number of amides is 2. The number of carbonyl (C=O) groups excluding carboxylic acids is 2. The van der Waals surface area contributed by atoms with Crippen molar-refractivity contribution in [2.45, 2.75) is 26.0 Å². The monoisotopic (exact) mass is 392 g/mol. The smallest absolute Gasteiger partial charge is 0.269 e. The second-order valence-corrected chi connectivity index (χ2v) is 6.86. The number of fused-ring (bicyclic) bond motifs is 2. The fraction of sp³-hybridized carbons (Fsp3) is 0.238. The quantitative estimate of drug-likeness (QED) is 0.656. The molecular weight excluding hydrogens is 372 g/mol. The third-order valence-electron chi connectivity index (χ3n) is 4.90. The van der Waals surface area contributed by atoms with Gasteiger partial charge in [-0.1, -0.05) is 12.1 Å². The fourth-order valence-corrected chi connectivity index (χ4v) is 3.40. The molecule has 1 aliphatic heterocycles. The molecule has 148 valence electrons. The van der Waals surface area contributed by atoms with Crippen LogP contribution in [0.3, 0.4) is 0 Å². The lowest BCUT2D eigenvalue weighted by Gasteiger charge is -2.09. The van der Waals surface area contributed by atoms with Crippen molar-refractivity contribution in [3.8, 4) is 0 Å². The van der Waals surface area contributed by atoms with E-state index in [1.54, 1.807) is 54.1 Å². The Morgan fingerprint density at radius 3 is 2.48 bits per heavy atom. The highest BCUT2D eigenvalue weighted by atomic mass is 16.5. The average molecular weight is 392 g/mol. The molecule has 0 atom stereocenters. The number of rotatable bonds is 4. The van der Waals surface area contributed by atoms with Crippen LogP contribution in [-0.2, 0) is 24.3 Å². The Morgan fingerprint density at radius 2 is 1.76 bits per heavy atom. The van der Waals surface area contributed by atoms with Crippen molar-refractivity contribution in [1.82, 2.24) is 20.4 Å². The van der Waals surface area contributed by atoms with Crippen molar-refractivity contribution in [3.63, 3.8) is 0 Å². The Kier molecular flexibility index (Phi) is 5.09. The van der Waals surface area contributed by atoms with Gasteiger partial charge in [-0.3, -0.25) is 29.8 Å². The third-order valence-corrected chi connectivity index (χ3v) is 4.90. The number of carbonyl (C=O) groups is 2. The van der Waals surface area contributed by atoms with E-state index in [9.17, 15) is 14.4 Å². The van der Waals surface area contributed by atoms with Gasteiger partial charge in [0.25, 0.3) is 17.4 Å². The molecule has 3 aromatic rings. The van der Waals surface area contributed by atoms with E-state index in [1.165, 1.54) is 0 Å². The number of aromatic nitrogens is 2. The van der Waals surface area contributed by atoms with Crippen molar-refractivity contribution in [2.75, 3.05) is 7.11 Å². The van der Waals surface area contributed by atoms with Crippen LogP contribution in [-0.4, -0.2) is 28.5 Å². The van der Waals surface area contributed by atoms with Crippen LogP contribution in [0.2, 0.25) is 0 Å². The summed E-state index contributed by atoms with van der Waals surface area (Å²) in [7, 11) is 1.60. The summed E-state index contributed by atoms with van der Waals surface area (Å²) in [5.41, 5.74) is 6.85. The van der Waals surface area contributed by atoms with E-state index in [-0.39, 0.29) is 5.56 Å². The van der Waals surface area contributed by atoms with E-state index in [0.717, 1.165) is 24.2 Å². The fourth-order valence-electron chi connectivity index (χ4n) is 3.40. The number of benzene rings is 2. The molecule has 0 bridgehead atoms. The molecule has 2 amide bonds. The number of methoxy groups -OCH3 is 1. The molecule has 4 rings (SSSR count). The molecule has 0 unspecified atom stereocenters. The molecule has 0 aliphatic carbocycles. The summed E-state index contributed by atoms with van der Waals surface area (Å²) in [6, 6.07) is 11.6. The molecule has 0 radical (unpaired) electrons. The molecule has 1 aromatic heterocycles. The molecular formula is C21H20N4O4. The number of aryl methyl sites for hydroxylation is 1. The zero-order valence-corrected chi connectivity index (χ0v) is 15.9. The first-order chi connectivity index (χ1) is 14.1. The van der Waals surface area contributed by atoms with Gasteiger partial charge in [0.15, 0.2) is 0 Å². The average Bonchev–Trinajstić information content (AvgIpc) is 3.21. The molecule has 0 fully saturated rings. The molecule has 0 saturated heterocycles. The van der Waals surface area contributed by atoms with Gasteiger partial charge in [0.1, 0.15) is 5.82 Å². The van der Waals surface area contributed by atoms with Crippen molar-refractivity contribution < 1.29 is 14.3 Å². The maximum absolute atomic E-state index is 12.5. The van der Waals surface area contributed by atoms with E-state index < -0.39 is 11.8 Å².